The summed E-state index contributed by atoms with van der Waals surface area (Å²) in [5, 5.41) is 5.41. The Kier molecular flexibility index (Phi) is 5.34. The van der Waals surface area contributed by atoms with E-state index >= 15 is 0 Å². The van der Waals surface area contributed by atoms with Gasteiger partial charge in [-0.05, 0) is 25.5 Å². The van der Waals surface area contributed by atoms with E-state index in [1.807, 2.05) is 31.2 Å². The Bertz CT molecular complexity index is 448. The van der Waals surface area contributed by atoms with Crippen LogP contribution in [0.2, 0.25) is 0 Å². The fourth-order valence-electron chi connectivity index (χ4n) is 1.61. The van der Waals surface area contributed by atoms with Gasteiger partial charge in [-0.1, -0.05) is 34.1 Å². The molecule has 0 bridgehead atoms. The molecule has 1 aromatic carbocycles. The molecular formula is C13H17BrN2O2. The van der Waals surface area contributed by atoms with Gasteiger partial charge in [-0.2, -0.15) is 0 Å². The van der Waals surface area contributed by atoms with Crippen molar-refractivity contribution in [1.29, 1.82) is 0 Å². The molecule has 0 spiro atoms. The van der Waals surface area contributed by atoms with Crippen molar-refractivity contribution in [1.82, 2.24) is 10.6 Å². The molecule has 4 nitrogen and oxygen atoms in total. The van der Waals surface area contributed by atoms with E-state index in [2.05, 4.69) is 26.6 Å². The topological polar surface area (TPSA) is 58.2 Å². The lowest BCUT2D eigenvalue weighted by atomic mass is 10.1. The van der Waals surface area contributed by atoms with Crippen LogP contribution in [0.15, 0.2) is 28.7 Å². The fourth-order valence-corrected chi connectivity index (χ4v) is 2.24. The highest BCUT2D eigenvalue weighted by atomic mass is 79.9. The Morgan fingerprint density at radius 1 is 1.17 bits per heavy atom. The van der Waals surface area contributed by atoms with Gasteiger partial charge < -0.3 is 10.6 Å². The van der Waals surface area contributed by atoms with Crippen molar-refractivity contribution in [3.05, 3.63) is 34.3 Å². The number of amides is 2. The summed E-state index contributed by atoms with van der Waals surface area (Å²) in [5.74, 6) is -0.417. The summed E-state index contributed by atoms with van der Waals surface area (Å²) in [6, 6.07) is 7.05. The summed E-state index contributed by atoms with van der Waals surface area (Å²) >= 11 is 3.44. The van der Waals surface area contributed by atoms with Crippen molar-refractivity contribution in [3.8, 4) is 0 Å². The fraction of sp³-hybridized carbons (Fsp3) is 0.385. The zero-order chi connectivity index (χ0) is 13.7. The Labute approximate surface area is 115 Å². The van der Waals surface area contributed by atoms with Crippen molar-refractivity contribution in [2.45, 2.75) is 32.9 Å². The van der Waals surface area contributed by atoms with E-state index in [1.54, 1.807) is 6.92 Å². The van der Waals surface area contributed by atoms with Crippen LogP contribution < -0.4 is 10.6 Å². The number of benzene rings is 1. The third-order valence-electron chi connectivity index (χ3n) is 2.54. The molecule has 18 heavy (non-hydrogen) atoms. The van der Waals surface area contributed by atoms with Gasteiger partial charge in [0.1, 0.15) is 6.04 Å². The Morgan fingerprint density at radius 3 is 2.33 bits per heavy atom. The van der Waals surface area contributed by atoms with Crippen molar-refractivity contribution < 1.29 is 9.59 Å². The summed E-state index contributed by atoms with van der Waals surface area (Å²) in [7, 11) is 0. The molecule has 0 aliphatic carbocycles. The van der Waals surface area contributed by atoms with Gasteiger partial charge in [0.15, 0.2) is 0 Å². The predicted octanol–water partition coefficient (Wildman–Crippen LogP) is 2.15. The molecular weight excluding hydrogens is 296 g/mol. The molecule has 1 rings (SSSR count). The molecule has 0 saturated heterocycles. The highest BCUT2D eigenvalue weighted by molar-refractivity contribution is 9.10. The van der Waals surface area contributed by atoms with Crippen LogP contribution in [-0.2, 0) is 9.59 Å². The maximum absolute atomic E-state index is 11.8. The van der Waals surface area contributed by atoms with E-state index in [9.17, 15) is 9.59 Å². The molecule has 98 valence electrons. The highest BCUT2D eigenvalue weighted by Crippen LogP contribution is 2.22. The van der Waals surface area contributed by atoms with Gasteiger partial charge in [0.25, 0.3) is 0 Å². The summed E-state index contributed by atoms with van der Waals surface area (Å²) in [5.41, 5.74) is 1.00. The first kappa shape index (κ1) is 14.7. The Morgan fingerprint density at radius 2 is 1.78 bits per heavy atom. The van der Waals surface area contributed by atoms with E-state index in [0.29, 0.717) is 0 Å². The SMILES string of the molecule is CC(=O)NC(C)C(=O)NC(C)c1ccccc1Br. The van der Waals surface area contributed by atoms with Crippen LogP contribution in [0.3, 0.4) is 0 Å². The number of halogens is 1. The van der Waals surface area contributed by atoms with Crippen molar-refractivity contribution in [2.75, 3.05) is 0 Å². The van der Waals surface area contributed by atoms with E-state index in [-0.39, 0.29) is 17.9 Å². The standard InChI is InChI=1S/C13H17BrN2O2/c1-8(11-6-4-5-7-12(11)14)16-13(18)9(2)15-10(3)17/h4-9H,1-3H3,(H,15,17)(H,16,18). The van der Waals surface area contributed by atoms with Crippen molar-refractivity contribution >= 4 is 27.7 Å². The minimum absolute atomic E-state index is 0.121. The van der Waals surface area contributed by atoms with Crippen LogP contribution in [0.4, 0.5) is 0 Å². The monoisotopic (exact) mass is 312 g/mol. The smallest absolute Gasteiger partial charge is 0.242 e. The molecule has 1 aromatic rings. The first-order chi connectivity index (χ1) is 8.41. The van der Waals surface area contributed by atoms with Crippen LogP contribution in [0, 0.1) is 0 Å². The lowest BCUT2D eigenvalue weighted by molar-refractivity contribution is -0.128. The first-order valence-electron chi connectivity index (χ1n) is 5.73. The Hall–Kier alpha value is -1.36. The number of carbonyl (C=O) groups excluding carboxylic acids is 2. The third kappa shape index (κ3) is 4.14. The molecule has 0 aliphatic heterocycles. The van der Waals surface area contributed by atoms with Gasteiger partial charge in [0, 0.05) is 11.4 Å². The van der Waals surface area contributed by atoms with Gasteiger partial charge in [-0.15, -0.1) is 0 Å². The van der Waals surface area contributed by atoms with Crippen molar-refractivity contribution in [2.24, 2.45) is 0 Å². The minimum Gasteiger partial charge on any atom is -0.348 e. The molecule has 2 atom stereocenters. The van der Waals surface area contributed by atoms with Gasteiger partial charge in [-0.25, -0.2) is 0 Å². The number of hydrogen-bond donors (Lipinski definition) is 2. The first-order valence-corrected chi connectivity index (χ1v) is 6.53. The van der Waals surface area contributed by atoms with Crippen LogP contribution in [-0.4, -0.2) is 17.9 Å². The summed E-state index contributed by atoms with van der Waals surface area (Å²) in [4.78, 5) is 22.7. The van der Waals surface area contributed by atoms with E-state index in [4.69, 9.17) is 0 Å². The molecule has 2 amide bonds. The van der Waals surface area contributed by atoms with Gasteiger partial charge in [0.05, 0.1) is 6.04 Å². The second-order valence-electron chi connectivity index (χ2n) is 4.17. The number of carbonyl (C=O) groups is 2. The second-order valence-corrected chi connectivity index (χ2v) is 5.03. The highest BCUT2D eigenvalue weighted by Gasteiger charge is 2.17. The van der Waals surface area contributed by atoms with Crippen LogP contribution in [0.5, 0.6) is 0 Å². The quantitative estimate of drug-likeness (QED) is 0.895. The zero-order valence-electron chi connectivity index (χ0n) is 10.7. The van der Waals surface area contributed by atoms with Crippen LogP contribution in [0.25, 0.3) is 0 Å². The second kappa shape index (κ2) is 6.54. The minimum atomic E-state index is -0.535. The van der Waals surface area contributed by atoms with E-state index < -0.39 is 6.04 Å². The number of nitrogens with one attached hydrogen (secondary N) is 2. The van der Waals surface area contributed by atoms with Gasteiger partial charge in [0.2, 0.25) is 11.8 Å². The average Bonchev–Trinajstić information content (AvgIpc) is 2.28. The summed E-state index contributed by atoms with van der Waals surface area (Å²) in [6.07, 6.45) is 0. The van der Waals surface area contributed by atoms with Crippen LogP contribution >= 0.6 is 15.9 Å². The molecule has 5 heteroatoms. The molecule has 2 unspecified atom stereocenters. The zero-order valence-corrected chi connectivity index (χ0v) is 12.2. The van der Waals surface area contributed by atoms with Crippen molar-refractivity contribution in [3.63, 3.8) is 0 Å². The number of rotatable bonds is 4. The summed E-state index contributed by atoms with van der Waals surface area (Å²) < 4.78 is 0.949. The van der Waals surface area contributed by atoms with Crippen LogP contribution in [0.1, 0.15) is 32.4 Å². The molecule has 0 aliphatic rings. The van der Waals surface area contributed by atoms with E-state index in [0.717, 1.165) is 10.0 Å². The molecule has 0 radical (unpaired) electrons. The van der Waals surface area contributed by atoms with Gasteiger partial charge >= 0.3 is 0 Å². The Balaban J connectivity index is 2.65. The maximum atomic E-state index is 11.8. The third-order valence-corrected chi connectivity index (χ3v) is 3.27. The molecule has 2 N–H and O–H groups in total. The number of hydrogen-bond acceptors (Lipinski definition) is 2. The molecule has 0 saturated carbocycles. The lowest BCUT2D eigenvalue weighted by Crippen LogP contribution is -2.44. The lowest BCUT2D eigenvalue weighted by Gasteiger charge is -2.19. The van der Waals surface area contributed by atoms with Gasteiger partial charge in [-0.3, -0.25) is 9.59 Å². The normalized spacial score (nSPS) is 13.6. The average molecular weight is 313 g/mol. The maximum Gasteiger partial charge on any atom is 0.242 e. The molecule has 0 heterocycles. The summed E-state index contributed by atoms with van der Waals surface area (Å²) in [6.45, 7) is 4.95. The van der Waals surface area contributed by atoms with E-state index in [1.165, 1.54) is 6.92 Å². The molecule has 0 aromatic heterocycles. The largest absolute Gasteiger partial charge is 0.348 e. The predicted molar refractivity (Wildman–Crippen MR) is 74.0 cm³/mol. The molecule has 0 fully saturated rings.